The van der Waals surface area contributed by atoms with Gasteiger partial charge in [0.25, 0.3) is 5.91 Å². The van der Waals surface area contributed by atoms with Gasteiger partial charge >= 0.3 is 0 Å². The molecule has 35 heavy (non-hydrogen) atoms. The van der Waals surface area contributed by atoms with Crippen LogP contribution in [0.2, 0.25) is 0 Å². The molecule has 1 N–H and O–H groups in total. The highest BCUT2D eigenvalue weighted by Gasteiger charge is 2.52. The molecule has 0 aromatic heterocycles. The summed E-state index contributed by atoms with van der Waals surface area (Å²) in [6, 6.07) is 5.67. The molecule has 3 unspecified atom stereocenters. The minimum Gasteiger partial charge on any atom is -0.393 e. The standard InChI is InChI=1S/C28H39F2NO4/c1-5-22(32)13-19-6-7-20(12-18(19)4)27(33)31-10-8-28(9-11-31)16-25(34-17(2)3)23-14-21(29)15-24(30)26(23)35-28/h6-7,12,14,17,22-26,32H,5,8-11,13,15-16H2,1-4H3/t22?,23?,24-,25?,26+/m0/s1. The van der Waals surface area contributed by atoms with Crippen LogP contribution >= 0.6 is 0 Å². The summed E-state index contributed by atoms with van der Waals surface area (Å²) in [5, 5.41) is 9.97. The molecule has 2 fully saturated rings. The van der Waals surface area contributed by atoms with Crippen molar-refractivity contribution in [2.75, 3.05) is 13.1 Å². The molecule has 5 atom stereocenters. The second-order valence-corrected chi connectivity index (χ2v) is 10.8. The lowest BCUT2D eigenvalue weighted by atomic mass is 9.74. The van der Waals surface area contributed by atoms with Crippen LogP contribution in [0.1, 0.15) is 74.4 Å². The van der Waals surface area contributed by atoms with E-state index in [0.29, 0.717) is 50.8 Å². The van der Waals surface area contributed by atoms with Gasteiger partial charge in [0.1, 0.15) is 6.17 Å². The van der Waals surface area contributed by atoms with Gasteiger partial charge in [0.2, 0.25) is 0 Å². The molecular weight excluding hydrogens is 452 g/mol. The van der Waals surface area contributed by atoms with Crippen LogP contribution in [0, 0.1) is 12.8 Å². The Kier molecular flexibility index (Phi) is 7.99. The molecule has 4 rings (SSSR count). The summed E-state index contributed by atoms with van der Waals surface area (Å²) in [6.07, 6.45) is 1.41. The fourth-order valence-corrected chi connectivity index (χ4v) is 5.79. The monoisotopic (exact) mass is 491 g/mol. The minimum absolute atomic E-state index is 0.0276. The number of halogens is 2. The predicted molar refractivity (Wildman–Crippen MR) is 131 cm³/mol. The number of likely N-dealkylation sites (tertiary alicyclic amines) is 1. The molecule has 1 spiro atoms. The Morgan fingerprint density at radius 3 is 2.66 bits per heavy atom. The van der Waals surface area contributed by atoms with Crippen molar-refractivity contribution in [3.63, 3.8) is 0 Å². The highest BCUT2D eigenvalue weighted by Crippen LogP contribution is 2.46. The molecule has 1 aliphatic carbocycles. The van der Waals surface area contributed by atoms with E-state index >= 15 is 0 Å². The van der Waals surface area contributed by atoms with E-state index in [-0.39, 0.29) is 30.6 Å². The first-order chi connectivity index (χ1) is 16.6. The maximum atomic E-state index is 14.9. The lowest BCUT2D eigenvalue weighted by Gasteiger charge is -2.53. The van der Waals surface area contributed by atoms with Gasteiger partial charge in [0, 0.05) is 37.4 Å². The number of carbonyl (C=O) groups excluding carboxylic acids is 1. The third kappa shape index (κ3) is 5.78. The van der Waals surface area contributed by atoms with Gasteiger partial charge in [0.05, 0.1) is 35.8 Å². The molecule has 0 saturated carbocycles. The second kappa shape index (κ2) is 10.7. The Bertz CT molecular complexity index is 941. The van der Waals surface area contributed by atoms with Gasteiger partial charge in [0.15, 0.2) is 0 Å². The average molecular weight is 492 g/mol. The van der Waals surface area contributed by atoms with Crippen LogP contribution in [-0.2, 0) is 15.9 Å². The number of aliphatic hydroxyl groups excluding tert-OH is 1. The number of hydrogen-bond acceptors (Lipinski definition) is 4. The first kappa shape index (κ1) is 26.2. The van der Waals surface area contributed by atoms with Crippen LogP contribution in [0.15, 0.2) is 30.1 Å². The summed E-state index contributed by atoms with van der Waals surface area (Å²) in [5.41, 5.74) is 2.11. The van der Waals surface area contributed by atoms with Gasteiger partial charge in [-0.2, -0.15) is 0 Å². The summed E-state index contributed by atoms with van der Waals surface area (Å²) in [6.45, 7) is 8.82. The fraction of sp³-hybridized carbons (Fsp3) is 0.679. The van der Waals surface area contributed by atoms with E-state index in [4.69, 9.17) is 9.47 Å². The lowest BCUT2D eigenvalue weighted by Crippen LogP contribution is -2.59. The van der Waals surface area contributed by atoms with Gasteiger partial charge < -0.3 is 19.5 Å². The Hall–Kier alpha value is -1.83. The maximum Gasteiger partial charge on any atom is 0.253 e. The number of amides is 1. The van der Waals surface area contributed by atoms with Gasteiger partial charge in [-0.25, -0.2) is 8.78 Å². The van der Waals surface area contributed by atoms with Crippen molar-refractivity contribution < 1.29 is 28.2 Å². The maximum absolute atomic E-state index is 14.9. The number of ether oxygens (including phenoxy) is 2. The van der Waals surface area contributed by atoms with E-state index in [0.717, 1.165) is 11.1 Å². The predicted octanol–water partition coefficient (Wildman–Crippen LogP) is 5.08. The summed E-state index contributed by atoms with van der Waals surface area (Å²) >= 11 is 0. The number of aliphatic hydroxyl groups is 1. The molecule has 3 aliphatic rings. The molecule has 1 aromatic carbocycles. The molecule has 1 aromatic rings. The largest absolute Gasteiger partial charge is 0.393 e. The van der Waals surface area contributed by atoms with Crippen LogP contribution < -0.4 is 0 Å². The highest BCUT2D eigenvalue weighted by atomic mass is 19.1. The molecule has 2 heterocycles. The molecule has 0 bridgehead atoms. The van der Waals surface area contributed by atoms with Crippen molar-refractivity contribution >= 4 is 5.91 Å². The first-order valence-corrected chi connectivity index (χ1v) is 13.0. The Balaban J connectivity index is 1.44. The Labute approximate surface area is 207 Å². The summed E-state index contributed by atoms with van der Waals surface area (Å²) < 4.78 is 41.4. The zero-order chi connectivity index (χ0) is 25.3. The summed E-state index contributed by atoms with van der Waals surface area (Å²) in [7, 11) is 0. The number of carbonyl (C=O) groups is 1. The topological polar surface area (TPSA) is 59.0 Å². The summed E-state index contributed by atoms with van der Waals surface area (Å²) in [5.74, 6) is -0.888. The first-order valence-electron chi connectivity index (χ1n) is 13.0. The van der Waals surface area contributed by atoms with Crippen molar-refractivity contribution in [1.29, 1.82) is 0 Å². The Morgan fingerprint density at radius 2 is 2.03 bits per heavy atom. The third-order valence-corrected chi connectivity index (χ3v) is 7.81. The van der Waals surface area contributed by atoms with Gasteiger partial charge in [-0.1, -0.05) is 13.0 Å². The number of hydrogen-bond donors (Lipinski definition) is 1. The molecule has 2 aliphatic heterocycles. The van der Waals surface area contributed by atoms with E-state index in [1.165, 1.54) is 6.08 Å². The lowest BCUT2D eigenvalue weighted by molar-refractivity contribution is -0.230. The highest BCUT2D eigenvalue weighted by molar-refractivity contribution is 5.94. The number of rotatable bonds is 6. The van der Waals surface area contributed by atoms with Crippen molar-refractivity contribution in [3.05, 3.63) is 46.8 Å². The van der Waals surface area contributed by atoms with Gasteiger partial charge in [-0.3, -0.25) is 4.79 Å². The normalized spacial score (nSPS) is 29.1. The van der Waals surface area contributed by atoms with Gasteiger partial charge in [-0.05, 0) is 75.8 Å². The molecule has 7 heteroatoms. The van der Waals surface area contributed by atoms with E-state index in [1.807, 2.05) is 50.8 Å². The van der Waals surface area contributed by atoms with E-state index < -0.39 is 29.6 Å². The summed E-state index contributed by atoms with van der Waals surface area (Å²) in [4.78, 5) is 15.1. The van der Waals surface area contributed by atoms with Crippen LogP contribution in [0.25, 0.3) is 0 Å². The van der Waals surface area contributed by atoms with E-state index in [2.05, 4.69) is 0 Å². The van der Waals surface area contributed by atoms with Crippen molar-refractivity contribution in [2.24, 2.45) is 5.92 Å². The molecule has 1 amide bonds. The van der Waals surface area contributed by atoms with Crippen LogP contribution in [-0.4, -0.2) is 65.2 Å². The SMILES string of the molecule is CCC(O)Cc1ccc(C(=O)N2CCC3(CC2)CC(OC(C)C)C2C=C(F)C[C@H](F)[C@@H]2O3)cc1C. The van der Waals surface area contributed by atoms with Crippen LogP contribution in [0.3, 0.4) is 0 Å². The van der Waals surface area contributed by atoms with Crippen LogP contribution in [0.4, 0.5) is 8.78 Å². The number of allylic oxidation sites excluding steroid dienone is 1. The number of benzene rings is 1. The third-order valence-electron chi connectivity index (χ3n) is 7.81. The van der Waals surface area contributed by atoms with Gasteiger partial charge in [-0.15, -0.1) is 0 Å². The van der Waals surface area contributed by atoms with Crippen molar-refractivity contribution in [1.82, 2.24) is 4.90 Å². The fourth-order valence-electron chi connectivity index (χ4n) is 5.79. The second-order valence-electron chi connectivity index (χ2n) is 10.8. The Morgan fingerprint density at radius 1 is 1.31 bits per heavy atom. The van der Waals surface area contributed by atoms with E-state index in [1.54, 1.807) is 0 Å². The number of nitrogens with zero attached hydrogens (tertiary/aromatic N) is 1. The van der Waals surface area contributed by atoms with E-state index in [9.17, 15) is 18.7 Å². The molecule has 5 nitrogen and oxygen atoms in total. The quantitative estimate of drug-likeness (QED) is 0.603. The number of aryl methyl sites for hydroxylation is 1. The number of alkyl halides is 1. The number of piperidine rings is 1. The number of fused-ring (bicyclic) bond motifs is 1. The average Bonchev–Trinajstić information content (AvgIpc) is 2.81. The van der Waals surface area contributed by atoms with Crippen molar-refractivity contribution in [3.8, 4) is 0 Å². The molecular formula is C28H39F2NO4. The minimum atomic E-state index is -1.40. The zero-order valence-corrected chi connectivity index (χ0v) is 21.3. The van der Waals surface area contributed by atoms with Crippen LogP contribution in [0.5, 0.6) is 0 Å². The molecule has 2 saturated heterocycles. The smallest absolute Gasteiger partial charge is 0.253 e. The van der Waals surface area contributed by atoms with Crippen molar-refractivity contribution in [2.45, 2.75) is 102 Å². The zero-order valence-electron chi connectivity index (χ0n) is 21.3. The molecule has 0 radical (unpaired) electrons. The molecule has 194 valence electrons.